The monoisotopic (exact) mass is 272 g/mol. The minimum atomic E-state index is 0.592. The fourth-order valence-corrected chi connectivity index (χ4v) is 2.03. The van der Waals surface area contributed by atoms with Crippen LogP contribution in [0.25, 0.3) is 0 Å². The van der Waals surface area contributed by atoms with Gasteiger partial charge in [0.25, 0.3) is 0 Å². The van der Waals surface area contributed by atoms with E-state index in [1.165, 1.54) is 0 Å². The molecule has 0 aromatic carbocycles. The second-order valence-corrected chi connectivity index (χ2v) is 4.06. The number of halogens is 1. The second kappa shape index (κ2) is 6.08. The quantitative estimate of drug-likeness (QED) is 0.609. The van der Waals surface area contributed by atoms with E-state index in [0.29, 0.717) is 13.2 Å². The van der Waals surface area contributed by atoms with Crippen molar-refractivity contribution in [1.82, 2.24) is 9.78 Å². The van der Waals surface area contributed by atoms with Gasteiger partial charge in [0, 0.05) is 7.05 Å². The van der Waals surface area contributed by atoms with Gasteiger partial charge in [-0.1, -0.05) is 19.1 Å². The number of ether oxygens (including phenoxy) is 1. The summed E-state index contributed by atoms with van der Waals surface area (Å²) >= 11 is 3.55. The molecule has 0 N–H and O–H groups in total. The van der Waals surface area contributed by atoms with E-state index in [1.807, 2.05) is 30.8 Å². The Hall–Kier alpha value is -0.610. The molecule has 1 rings (SSSR count). The highest BCUT2D eigenvalue weighted by molar-refractivity contribution is 9.10. The lowest BCUT2D eigenvalue weighted by molar-refractivity contribution is 0.142. The van der Waals surface area contributed by atoms with Crippen molar-refractivity contribution >= 4 is 15.9 Å². The molecule has 0 saturated carbocycles. The Labute approximate surface area is 99.2 Å². The highest BCUT2D eigenvalue weighted by atomic mass is 79.9. The number of nitrogens with zero attached hydrogens (tertiary/aromatic N) is 2. The van der Waals surface area contributed by atoms with Crippen LogP contribution in [0.4, 0.5) is 0 Å². The molecule has 84 valence electrons. The Morgan fingerprint density at radius 1 is 1.53 bits per heavy atom. The van der Waals surface area contributed by atoms with Gasteiger partial charge in [-0.15, -0.1) is 0 Å². The van der Waals surface area contributed by atoms with Gasteiger partial charge in [0.1, 0.15) is 0 Å². The predicted octanol–water partition coefficient (Wildman–Crippen LogP) is 2.84. The normalized spacial score (nSPS) is 11.5. The zero-order chi connectivity index (χ0) is 11.3. The lowest BCUT2D eigenvalue weighted by Gasteiger charge is -2.02. The molecule has 0 aliphatic carbocycles. The second-order valence-electron chi connectivity index (χ2n) is 3.27. The number of allylic oxidation sites excluding steroid dienone is 1. The summed E-state index contributed by atoms with van der Waals surface area (Å²) in [5.74, 6) is 0. The van der Waals surface area contributed by atoms with E-state index < -0.39 is 0 Å². The number of rotatable bonds is 5. The molecule has 0 aliphatic heterocycles. The van der Waals surface area contributed by atoms with Crippen LogP contribution in [-0.4, -0.2) is 16.4 Å². The average Bonchev–Trinajstić information content (AvgIpc) is 2.50. The van der Waals surface area contributed by atoms with Gasteiger partial charge in [-0.3, -0.25) is 4.68 Å². The molecule has 0 saturated heterocycles. The summed E-state index contributed by atoms with van der Waals surface area (Å²) < 4.78 is 8.45. The number of aryl methyl sites for hydroxylation is 2. The first-order chi connectivity index (χ1) is 7.20. The van der Waals surface area contributed by atoms with Crippen LogP contribution < -0.4 is 0 Å². The summed E-state index contributed by atoms with van der Waals surface area (Å²) in [4.78, 5) is 0. The van der Waals surface area contributed by atoms with Crippen LogP contribution >= 0.6 is 15.9 Å². The number of aromatic nitrogens is 2. The molecule has 0 spiro atoms. The van der Waals surface area contributed by atoms with Crippen LogP contribution in [0, 0.1) is 0 Å². The lowest BCUT2D eigenvalue weighted by Crippen LogP contribution is -2.01. The standard InChI is InChI=1S/C11H17BrN2O/c1-4-6-7-15-8-10-11(12)9(5-2)13-14(10)3/h4,6H,5,7-8H2,1-3H3. The van der Waals surface area contributed by atoms with Gasteiger partial charge in [0.2, 0.25) is 0 Å². The molecule has 0 fully saturated rings. The topological polar surface area (TPSA) is 27.1 Å². The molecule has 1 heterocycles. The summed E-state index contributed by atoms with van der Waals surface area (Å²) in [7, 11) is 1.94. The van der Waals surface area contributed by atoms with Crippen molar-refractivity contribution in [3.05, 3.63) is 28.0 Å². The fraction of sp³-hybridized carbons (Fsp3) is 0.545. The molecule has 0 aliphatic rings. The maximum absolute atomic E-state index is 5.50. The molecule has 0 unspecified atom stereocenters. The zero-order valence-electron chi connectivity index (χ0n) is 9.46. The highest BCUT2D eigenvalue weighted by Crippen LogP contribution is 2.22. The van der Waals surface area contributed by atoms with Gasteiger partial charge in [0.05, 0.1) is 29.1 Å². The Morgan fingerprint density at radius 2 is 2.27 bits per heavy atom. The predicted molar refractivity (Wildman–Crippen MR) is 64.8 cm³/mol. The molecule has 15 heavy (non-hydrogen) atoms. The van der Waals surface area contributed by atoms with E-state index in [0.717, 1.165) is 22.3 Å². The Balaban J connectivity index is 2.64. The van der Waals surface area contributed by atoms with Crippen LogP contribution in [0.1, 0.15) is 25.2 Å². The van der Waals surface area contributed by atoms with Crippen molar-refractivity contribution < 1.29 is 4.74 Å². The van der Waals surface area contributed by atoms with Gasteiger partial charge in [-0.05, 0) is 29.3 Å². The molecule has 4 heteroatoms. The summed E-state index contributed by atoms with van der Waals surface area (Å²) in [5, 5.41) is 4.40. The maximum Gasteiger partial charge on any atom is 0.0900 e. The van der Waals surface area contributed by atoms with Gasteiger partial charge in [-0.25, -0.2) is 0 Å². The van der Waals surface area contributed by atoms with Crippen LogP contribution in [0.3, 0.4) is 0 Å². The minimum absolute atomic E-state index is 0.592. The van der Waals surface area contributed by atoms with Crippen LogP contribution in [0.5, 0.6) is 0 Å². The Bertz CT molecular complexity index is 345. The molecular formula is C11H17BrN2O. The zero-order valence-corrected chi connectivity index (χ0v) is 11.0. The summed E-state index contributed by atoms with van der Waals surface area (Å²) in [6.45, 7) is 5.32. The van der Waals surface area contributed by atoms with Crippen LogP contribution in [0.2, 0.25) is 0 Å². The van der Waals surface area contributed by atoms with E-state index >= 15 is 0 Å². The third-order valence-corrected chi connectivity index (χ3v) is 3.11. The summed E-state index contributed by atoms with van der Waals surface area (Å²) in [6, 6.07) is 0. The van der Waals surface area contributed by atoms with Crippen molar-refractivity contribution in [3.63, 3.8) is 0 Å². The third kappa shape index (κ3) is 3.18. The lowest BCUT2D eigenvalue weighted by atomic mass is 10.3. The highest BCUT2D eigenvalue weighted by Gasteiger charge is 2.11. The molecule has 3 nitrogen and oxygen atoms in total. The van der Waals surface area contributed by atoms with Crippen molar-refractivity contribution in [1.29, 1.82) is 0 Å². The Kier molecular flexibility index (Phi) is 5.05. The van der Waals surface area contributed by atoms with Gasteiger partial charge >= 0.3 is 0 Å². The first kappa shape index (κ1) is 12.5. The molecule has 0 radical (unpaired) electrons. The first-order valence-corrected chi connectivity index (χ1v) is 5.89. The van der Waals surface area contributed by atoms with Gasteiger partial charge in [-0.2, -0.15) is 5.10 Å². The van der Waals surface area contributed by atoms with Crippen LogP contribution in [-0.2, 0) is 24.8 Å². The van der Waals surface area contributed by atoms with E-state index in [4.69, 9.17) is 4.74 Å². The van der Waals surface area contributed by atoms with Crippen molar-refractivity contribution in [2.75, 3.05) is 6.61 Å². The summed E-state index contributed by atoms with van der Waals surface area (Å²) in [6.07, 6.45) is 4.91. The van der Waals surface area contributed by atoms with E-state index in [2.05, 4.69) is 28.0 Å². The molecule has 1 aromatic rings. The molecule has 1 aromatic heterocycles. The van der Waals surface area contributed by atoms with Crippen molar-refractivity contribution in [3.8, 4) is 0 Å². The number of hydrogen-bond donors (Lipinski definition) is 0. The van der Waals surface area contributed by atoms with E-state index in [-0.39, 0.29) is 0 Å². The van der Waals surface area contributed by atoms with E-state index in [1.54, 1.807) is 0 Å². The maximum atomic E-state index is 5.50. The molecule has 0 bridgehead atoms. The average molecular weight is 273 g/mol. The minimum Gasteiger partial charge on any atom is -0.371 e. The first-order valence-electron chi connectivity index (χ1n) is 5.09. The van der Waals surface area contributed by atoms with Gasteiger partial charge < -0.3 is 4.74 Å². The largest absolute Gasteiger partial charge is 0.371 e. The fourth-order valence-electron chi connectivity index (χ4n) is 1.30. The van der Waals surface area contributed by atoms with E-state index in [9.17, 15) is 0 Å². The third-order valence-electron chi connectivity index (χ3n) is 2.19. The smallest absolute Gasteiger partial charge is 0.0900 e. The molecular weight excluding hydrogens is 256 g/mol. The number of hydrogen-bond acceptors (Lipinski definition) is 2. The van der Waals surface area contributed by atoms with Crippen molar-refractivity contribution in [2.45, 2.75) is 26.9 Å². The summed E-state index contributed by atoms with van der Waals surface area (Å²) in [5.41, 5.74) is 2.18. The Morgan fingerprint density at radius 3 is 2.80 bits per heavy atom. The molecule has 0 amide bonds. The molecule has 0 atom stereocenters. The van der Waals surface area contributed by atoms with Gasteiger partial charge in [0.15, 0.2) is 0 Å². The van der Waals surface area contributed by atoms with Crippen molar-refractivity contribution in [2.24, 2.45) is 7.05 Å². The van der Waals surface area contributed by atoms with Crippen LogP contribution in [0.15, 0.2) is 16.6 Å². The SMILES string of the molecule is CC=CCOCc1c(Br)c(CC)nn1C.